The second-order valence-electron chi connectivity index (χ2n) is 6.00. The Kier molecular flexibility index (Phi) is 6.29. The summed E-state index contributed by atoms with van der Waals surface area (Å²) in [5.41, 5.74) is 1.52. The molecule has 2 heterocycles. The Hall–Kier alpha value is -3.61. The smallest absolute Gasteiger partial charge is 0.405 e. The summed E-state index contributed by atoms with van der Waals surface area (Å²) in [5, 5.41) is 15.2. The van der Waals surface area contributed by atoms with E-state index >= 15 is 0 Å². The molecule has 2 N–H and O–H groups in total. The number of rotatable bonds is 8. The van der Waals surface area contributed by atoms with E-state index in [9.17, 15) is 18.4 Å². The Balaban J connectivity index is 1.65. The average molecular weight is 402 g/mol. The van der Waals surface area contributed by atoms with Crippen LogP contribution in [0.25, 0.3) is 0 Å². The Morgan fingerprint density at radius 1 is 1.21 bits per heavy atom. The van der Waals surface area contributed by atoms with E-state index in [2.05, 4.69) is 30.3 Å². The summed E-state index contributed by atoms with van der Waals surface area (Å²) in [4.78, 5) is 12.5. The fourth-order valence-corrected chi connectivity index (χ4v) is 2.62. The van der Waals surface area contributed by atoms with Crippen LogP contribution in [0.1, 0.15) is 24.0 Å². The number of nitrogens with one attached hydrogen (secondary N) is 2. The van der Waals surface area contributed by atoms with Gasteiger partial charge >= 0.3 is 6.36 Å². The van der Waals surface area contributed by atoms with Gasteiger partial charge in [-0.1, -0.05) is 24.3 Å². The van der Waals surface area contributed by atoms with Crippen molar-refractivity contribution < 1.29 is 17.9 Å². The van der Waals surface area contributed by atoms with Gasteiger partial charge in [-0.15, -0.1) is 13.2 Å². The second-order valence-corrected chi connectivity index (χ2v) is 6.00. The molecule has 0 spiro atoms. The highest BCUT2D eigenvalue weighted by Gasteiger charge is 2.31. The maximum Gasteiger partial charge on any atom is 0.573 e. The van der Waals surface area contributed by atoms with Gasteiger partial charge in [0.05, 0.1) is 6.20 Å². The summed E-state index contributed by atoms with van der Waals surface area (Å²) in [6.07, 6.45) is 1.90. The lowest BCUT2D eigenvalue weighted by Gasteiger charge is -2.14. The van der Waals surface area contributed by atoms with Crippen molar-refractivity contribution in [3.63, 3.8) is 0 Å². The van der Waals surface area contributed by atoms with Crippen LogP contribution in [0.4, 0.5) is 24.9 Å². The van der Waals surface area contributed by atoms with Crippen LogP contribution in [0.15, 0.2) is 47.2 Å². The number of hydrogen-bond acceptors (Lipinski definition) is 7. The molecule has 7 nitrogen and oxygen atoms in total. The van der Waals surface area contributed by atoms with Crippen LogP contribution in [-0.2, 0) is 6.54 Å². The fourth-order valence-electron chi connectivity index (χ4n) is 2.62. The lowest BCUT2D eigenvalue weighted by molar-refractivity contribution is -0.274. The van der Waals surface area contributed by atoms with Crippen LogP contribution in [0, 0.1) is 11.3 Å². The molecule has 0 saturated heterocycles. The zero-order chi connectivity index (χ0) is 20.7. The van der Waals surface area contributed by atoms with Crippen molar-refractivity contribution in [1.82, 2.24) is 9.97 Å². The fraction of sp³-hybridized carbons (Fsp3) is 0.263. The molecule has 2 aromatic rings. The van der Waals surface area contributed by atoms with Gasteiger partial charge in [0.1, 0.15) is 23.2 Å². The molecular weight excluding hydrogens is 385 g/mol. The minimum Gasteiger partial charge on any atom is -0.405 e. The van der Waals surface area contributed by atoms with Crippen molar-refractivity contribution in [2.45, 2.75) is 25.7 Å². The normalized spacial score (nSPS) is 13.0. The number of halogens is 3. The molecule has 29 heavy (non-hydrogen) atoms. The highest BCUT2D eigenvalue weighted by molar-refractivity contribution is 5.64. The minimum atomic E-state index is -4.78. The molecular formula is C19H17F3N6O. The van der Waals surface area contributed by atoms with Gasteiger partial charge in [-0.3, -0.25) is 4.99 Å². The van der Waals surface area contributed by atoms with E-state index in [1.165, 1.54) is 24.4 Å². The van der Waals surface area contributed by atoms with E-state index < -0.39 is 6.36 Å². The topological polar surface area (TPSA) is 95.2 Å². The Morgan fingerprint density at radius 2 is 2.03 bits per heavy atom. The first-order valence-electron chi connectivity index (χ1n) is 8.75. The molecule has 150 valence electrons. The number of aliphatic imine (C=N–C) groups is 1. The van der Waals surface area contributed by atoms with E-state index in [4.69, 9.17) is 0 Å². The van der Waals surface area contributed by atoms with E-state index in [1.807, 2.05) is 18.4 Å². The van der Waals surface area contributed by atoms with E-state index in [1.54, 1.807) is 6.07 Å². The monoisotopic (exact) mass is 402 g/mol. The number of anilines is 2. The van der Waals surface area contributed by atoms with Crippen LogP contribution >= 0.6 is 0 Å². The zero-order valence-corrected chi connectivity index (χ0v) is 15.2. The number of nitriles is 1. The maximum absolute atomic E-state index is 12.5. The molecule has 0 atom stereocenters. The van der Waals surface area contributed by atoms with Gasteiger partial charge in [0.2, 0.25) is 5.95 Å². The lowest BCUT2D eigenvalue weighted by Crippen LogP contribution is -2.18. The Labute approximate surface area is 165 Å². The molecule has 1 aromatic heterocycles. The minimum absolute atomic E-state index is 0.0131. The van der Waals surface area contributed by atoms with Gasteiger partial charge in [0, 0.05) is 43.4 Å². The summed E-state index contributed by atoms with van der Waals surface area (Å²) in [5.74, 6) is 0.212. The average Bonchev–Trinajstić information content (AvgIpc) is 3.20. The molecule has 0 aliphatic carbocycles. The third kappa shape index (κ3) is 5.93. The van der Waals surface area contributed by atoms with E-state index in [0.717, 1.165) is 12.1 Å². The van der Waals surface area contributed by atoms with Gasteiger partial charge < -0.3 is 15.4 Å². The third-order valence-electron chi connectivity index (χ3n) is 3.93. The quantitative estimate of drug-likeness (QED) is 0.693. The number of para-hydroxylation sites is 1. The predicted molar refractivity (Wildman–Crippen MR) is 101 cm³/mol. The second kappa shape index (κ2) is 9.05. The highest BCUT2D eigenvalue weighted by atomic mass is 19.4. The van der Waals surface area contributed by atoms with E-state index in [-0.39, 0.29) is 23.8 Å². The number of allylic oxidation sites excluding steroid dienone is 1. The van der Waals surface area contributed by atoms with E-state index in [0.29, 0.717) is 24.3 Å². The number of benzene rings is 1. The maximum atomic E-state index is 12.5. The Morgan fingerprint density at radius 3 is 2.76 bits per heavy atom. The molecule has 1 aliphatic heterocycles. The molecule has 0 amide bonds. The van der Waals surface area contributed by atoms with Crippen molar-refractivity contribution in [3.05, 3.63) is 53.4 Å². The molecule has 1 aromatic carbocycles. The summed E-state index contributed by atoms with van der Waals surface area (Å²) in [7, 11) is 0. The van der Waals surface area contributed by atoms with Crippen molar-refractivity contribution in [2.24, 2.45) is 4.99 Å². The molecule has 0 radical (unpaired) electrons. The van der Waals surface area contributed by atoms with Crippen LogP contribution in [0.5, 0.6) is 5.75 Å². The summed E-state index contributed by atoms with van der Waals surface area (Å²) >= 11 is 0. The molecule has 10 heteroatoms. The standard InChI is InChI=1S/C19H17F3N6O/c20-19(21,22)29-16-6-2-1-4-13(16)11-26-18-27-12-14(10-23)17(28-18)25-9-7-15-5-3-8-24-15/h1-2,4-6,8,12H,3,7,9,11H2,(H2,25,26,27,28). The number of hydrogen-bond donors (Lipinski definition) is 2. The molecule has 3 rings (SSSR count). The number of ether oxygens (including phenoxy) is 1. The predicted octanol–water partition coefficient (Wildman–Crippen LogP) is 4.02. The van der Waals surface area contributed by atoms with Crippen LogP contribution in [-0.4, -0.2) is 29.1 Å². The molecule has 0 fully saturated rings. The van der Waals surface area contributed by atoms with Crippen molar-refractivity contribution >= 4 is 18.0 Å². The van der Waals surface area contributed by atoms with Crippen LogP contribution in [0.2, 0.25) is 0 Å². The number of alkyl halides is 3. The Bertz CT molecular complexity index is 965. The number of aromatic nitrogens is 2. The van der Waals surface area contributed by atoms with Gasteiger partial charge in [0.15, 0.2) is 0 Å². The first-order valence-corrected chi connectivity index (χ1v) is 8.75. The first-order chi connectivity index (χ1) is 13.9. The first kappa shape index (κ1) is 20.1. The van der Waals surface area contributed by atoms with Crippen molar-refractivity contribution in [1.29, 1.82) is 5.26 Å². The third-order valence-corrected chi connectivity index (χ3v) is 3.93. The molecule has 0 saturated carbocycles. The lowest BCUT2D eigenvalue weighted by atomic mass is 10.2. The summed E-state index contributed by atoms with van der Waals surface area (Å²) < 4.78 is 41.6. The van der Waals surface area contributed by atoms with Crippen molar-refractivity contribution in [3.8, 4) is 11.8 Å². The van der Waals surface area contributed by atoms with Crippen molar-refractivity contribution in [2.75, 3.05) is 17.2 Å². The SMILES string of the molecule is N#Cc1cnc(NCc2ccccc2OC(F)(F)F)nc1NCCC1=CCC=N1. The van der Waals surface area contributed by atoms with Gasteiger partial charge in [-0.05, 0) is 6.07 Å². The summed E-state index contributed by atoms with van der Waals surface area (Å²) in [6, 6.07) is 7.80. The van der Waals surface area contributed by atoms with Gasteiger partial charge in [-0.2, -0.15) is 10.2 Å². The summed E-state index contributed by atoms with van der Waals surface area (Å²) in [6.45, 7) is 0.537. The van der Waals surface area contributed by atoms with Gasteiger partial charge in [-0.25, -0.2) is 4.98 Å². The molecule has 0 bridgehead atoms. The van der Waals surface area contributed by atoms with Crippen LogP contribution < -0.4 is 15.4 Å². The van der Waals surface area contributed by atoms with Gasteiger partial charge in [0.25, 0.3) is 0 Å². The zero-order valence-electron chi connectivity index (χ0n) is 15.2. The largest absolute Gasteiger partial charge is 0.573 e. The van der Waals surface area contributed by atoms with Crippen LogP contribution in [0.3, 0.4) is 0 Å². The molecule has 1 aliphatic rings. The highest BCUT2D eigenvalue weighted by Crippen LogP contribution is 2.26. The number of nitrogens with zero attached hydrogens (tertiary/aromatic N) is 4. The molecule has 0 unspecified atom stereocenters.